The molecule has 3 N–H and O–H groups in total. The Morgan fingerprint density at radius 1 is 1.56 bits per heavy atom. The number of halogens is 1. The van der Waals surface area contributed by atoms with Gasteiger partial charge in [0.2, 0.25) is 0 Å². The van der Waals surface area contributed by atoms with Gasteiger partial charge in [0.15, 0.2) is 0 Å². The van der Waals surface area contributed by atoms with Gasteiger partial charge in [-0.2, -0.15) is 0 Å². The summed E-state index contributed by atoms with van der Waals surface area (Å²) < 4.78 is 15.0. The fourth-order valence-electron chi connectivity index (χ4n) is 1.50. The maximum atomic E-state index is 13.2. The Hall–Kier alpha value is -2.37. The van der Waals surface area contributed by atoms with E-state index in [1.165, 1.54) is 12.1 Å². The Morgan fingerprint density at radius 3 is 2.94 bits per heavy atom. The molecular weight excluding hydrogens is 235 g/mol. The molecule has 0 aliphatic carbocycles. The van der Waals surface area contributed by atoms with E-state index >= 15 is 0 Å². The second-order valence-electron chi connectivity index (χ2n) is 3.87. The van der Waals surface area contributed by atoms with Gasteiger partial charge in [-0.15, -0.1) is 0 Å². The predicted molar refractivity (Wildman–Crippen MR) is 65.2 cm³/mol. The number of hydrogen-bond donors (Lipinski definition) is 2. The number of nitrogens with zero attached hydrogens (tertiary/aromatic N) is 2. The number of hydrogen-bond acceptors (Lipinski definition) is 3. The van der Waals surface area contributed by atoms with Gasteiger partial charge >= 0.3 is 0 Å². The Balaban J connectivity index is 2.04. The number of aromatic nitrogens is 2. The van der Waals surface area contributed by atoms with Crippen molar-refractivity contribution in [3.63, 3.8) is 0 Å². The van der Waals surface area contributed by atoms with Crippen molar-refractivity contribution in [2.45, 2.75) is 6.54 Å². The summed E-state index contributed by atoms with van der Waals surface area (Å²) in [6.45, 7) is 0.286. The molecule has 2 rings (SSSR count). The third kappa shape index (κ3) is 2.48. The average molecular weight is 248 g/mol. The van der Waals surface area contributed by atoms with E-state index in [4.69, 9.17) is 5.73 Å². The highest BCUT2D eigenvalue weighted by atomic mass is 19.1. The van der Waals surface area contributed by atoms with Crippen molar-refractivity contribution in [1.82, 2.24) is 14.9 Å². The van der Waals surface area contributed by atoms with Crippen LogP contribution in [0.2, 0.25) is 0 Å². The molecule has 1 aromatic heterocycles. The SMILES string of the molecule is Cn1ccnc1CNC(=O)c1ccc(N)c(F)c1. The number of nitrogens with one attached hydrogen (secondary N) is 1. The summed E-state index contributed by atoms with van der Waals surface area (Å²) in [4.78, 5) is 15.8. The van der Waals surface area contributed by atoms with Crippen LogP contribution in [0.1, 0.15) is 16.2 Å². The van der Waals surface area contributed by atoms with Crippen LogP contribution in [-0.4, -0.2) is 15.5 Å². The molecule has 0 saturated heterocycles. The number of amides is 1. The zero-order chi connectivity index (χ0) is 13.1. The second kappa shape index (κ2) is 4.87. The van der Waals surface area contributed by atoms with Crippen LogP contribution in [0.25, 0.3) is 0 Å². The highest BCUT2D eigenvalue weighted by Crippen LogP contribution is 2.11. The van der Waals surface area contributed by atoms with E-state index in [-0.39, 0.29) is 23.7 Å². The lowest BCUT2D eigenvalue weighted by Crippen LogP contribution is -2.24. The van der Waals surface area contributed by atoms with Gasteiger partial charge in [-0.1, -0.05) is 0 Å². The van der Waals surface area contributed by atoms with Crippen molar-refractivity contribution in [3.05, 3.63) is 47.8 Å². The van der Waals surface area contributed by atoms with Gasteiger partial charge in [-0.3, -0.25) is 4.79 Å². The standard InChI is InChI=1S/C12H13FN4O/c1-17-5-4-15-11(17)7-16-12(18)8-2-3-10(14)9(13)6-8/h2-6H,7,14H2,1H3,(H,16,18). The summed E-state index contributed by atoms with van der Waals surface area (Å²) in [5.41, 5.74) is 5.60. The molecule has 0 saturated carbocycles. The molecule has 18 heavy (non-hydrogen) atoms. The van der Waals surface area contributed by atoms with Crippen molar-refractivity contribution < 1.29 is 9.18 Å². The molecule has 0 spiro atoms. The lowest BCUT2D eigenvalue weighted by Gasteiger charge is -2.06. The Kier molecular flexibility index (Phi) is 3.27. The first kappa shape index (κ1) is 12.1. The van der Waals surface area contributed by atoms with E-state index < -0.39 is 5.82 Å². The van der Waals surface area contributed by atoms with Gasteiger partial charge in [-0.25, -0.2) is 9.37 Å². The van der Waals surface area contributed by atoms with Crippen LogP contribution < -0.4 is 11.1 Å². The summed E-state index contributed by atoms with van der Waals surface area (Å²) in [6.07, 6.45) is 3.43. The molecule has 0 fully saturated rings. The van der Waals surface area contributed by atoms with Crippen LogP contribution in [0.5, 0.6) is 0 Å². The molecule has 1 amide bonds. The molecule has 5 nitrogen and oxygen atoms in total. The van der Waals surface area contributed by atoms with Crippen LogP contribution >= 0.6 is 0 Å². The summed E-state index contributed by atoms with van der Waals surface area (Å²) in [5.74, 6) is -0.240. The largest absolute Gasteiger partial charge is 0.396 e. The second-order valence-corrected chi connectivity index (χ2v) is 3.87. The van der Waals surface area contributed by atoms with E-state index in [2.05, 4.69) is 10.3 Å². The van der Waals surface area contributed by atoms with Gasteiger partial charge in [0.05, 0.1) is 12.2 Å². The minimum Gasteiger partial charge on any atom is -0.396 e. The summed E-state index contributed by atoms with van der Waals surface area (Å²) >= 11 is 0. The molecule has 1 heterocycles. The minimum atomic E-state index is -0.598. The van der Waals surface area contributed by atoms with Crippen molar-refractivity contribution in [1.29, 1.82) is 0 Å². The number of aryl methyl sites for hydroxylation is 1. The average Bonchev–Trinajstić information content (AvgIpc) is 2.75. The normalized spacial score (nSPS) is 10.3. The number of carbonyl (C=O) groups is 1. The first-order valence-corrected chi connectivity index (χ1v) is 5.37. The Morgan fingerprint density at radius 2 is 2.33 bits per heavy atom. The molecule has 0 aliphatic rings. The first-order valence-electron chi connectivity index (χ1n) is 5.37. The van der Waals surface area contributed by atoms with E-state index in [0.717, 1.165) is 11.9 Å². The van der Waals surface area contributed by atoms with Crippen LogP contribution in [-0.2, 0) is 13.6 Å². The lowest BCUT2D eigenvalue weighted by molar-refractivity contribution is 0.0949. The van der Waals surface area contributed by atoms with Gasteiger partial charge in [0.25, 0.3) is 5.91 Å². The predicted octanol–water partition coefficient (Wildman–Crippen LogP) is 1.07. The van der Waals surface area contributed by atoms with Crippen LogP contribution in [0, 0.1) is 5.82 Å². The maximum Gasteiger partial charge on any atom is 0.251 e. The summed E-state index contributed by atoms with van der Waals surface area (Å²) in [5, 5.41) is 2.66. The third-order valence-electron chi connectivity index (χ3n) is 2.59. The van der Waals surface area contributed by atoms with Crippen LogP contribution in [0.4, 0.5) is 10.1 Å². The topological polar surface area (TPSA) is 72.9 Å². The van der Waals surface area contributed by atoms with Gasteiger partial charge in [0.1, 0.15) is 11.6 Å². The fraction of sp³-hybridized carbons (Fsp3) is 0.167. The molecule has 94 valence electrons. The first-order chi connectivity index (χ1) is 8.58. The van der Waals surface area contributed by atoms with Crippen molar-refractivity contribution in [2.75, 3.05) is 5.73 Å². The molecular formula is C12H13FN4O. The monoisotopic (exact) mass is 248 g/mol. The molecule has 2 aromatic rings. The quantitative estimate of drug-likeness (QED) is 0.798. The number of benzene rings is 1. The van der Waals surface area contributed by atoms with E-state index in [1.54, 1.807) is 17.0 Å². The van der Waals surface area contributed by atoms with Crippen molar-refractivity contribution >= 4 is 11.6 Å². The number of carbonyl (C=O) groups excluding carboxylic acids is 1. The maximum absolute atomic E-state index is 13.2. The van der Waals surface area contributed by atoms with Crippen LogP contribution in [0.3, 0.4) is 0 Å². The number of nitrogen functional groups attached to an aromatic ring is 1. The van der Waals surface area contributed by atoms with E-state index in [1.807, 2.05) is 7.05 Å². The van der Waals surface area contributed by atoms with Gasteiger partial charge in [0, 0.05) is 25.0 Å². The molecule has 0 atom stereocenters. The van der Waals surface area contributed by atoms with Gasteiger partial charge in [-0.05, 0) is 18.2 Å². The summed E-state index contributed by atoms with van der Waals surface area (Å²) in [6, 6.07) is 3.96. The highest BCUT2D eigenvalue weighted by molar-refractivity contribution is 5.94. The van der Waals surface area contributed by atoms with E-state index in [9.17, 15) is 9.18 Å². The Labute approximate surface area is 103 Å². The lowest BCUT2D eigenvalue weighted by atomic mass is 10.2. The molecule has 0 bridgehead atoms. The molecule has 1 aromatic carbocycles. The fourth-order valence-corrected chi connectivity index (χ4v) is 1.50. The van der Waals surface area contributed by atoms with Gasteiger partial charge < -0.3 is 15.6 Å². The minimum absolute atomic E-state index is 0.0238. The summed E-state index contributed by atoms with van der Waals surface area (Å²) in [7, 11) is 1.83. The zero-order valence-electron chi connectivity index (χ0n) is 9.85. The zero-order valence-corrected chi connectivity index (χ0v) is 9.85. The highest BCUT2D eigenvalue weighted by Gasteiger charge is 2.09. The van der Waals surface area contributed by atoms with E-state index in [0.29, 0.717) is 0 Å². The van der Waals surface area contributed by atoms with Crippen molar-refractivity contribution in [3.8, 4) is 0 Å². The smallest absolute Gasteiger partial charge is 0.251 e. The molecule has 0 radical (unpaired) electrons. The van der Waals surface area contributed by atoms with Crippen molar-refractivity contribution in [2.24, 2.45) is 7.05 Å². The number of rotatable bonds is 3. The third-order valence-corrected chi connectivity index (χ3v) is 2.59. The Bertz CT molecular complexity index is 579. The van der Waals surface area contributed by atoms with Crippen LogP contribution in [0.15, 0.2) is 30.6 Å². The molecule has 0 unspecified atom stereocenters. The number of anilines is 1. The number of imidazole rings is 1. The molecule has 0 aliphatic heterocycles. The molecule has 6 heteroatoms. The number of nitrogens with two attached hydrogens (primary N) is 1.